The minimum atomic E-state index is 0.221. The third kappa shape index (κ3) is 1.86. The molecule has 0 fully saturated rings. The van der Waals surface area contributed by atoms with Crippen LogP contribution in [0.2, 0.25) is 30.1 Å². The van der Waals surface area contributed by atoms with E-state index in [0.717, 1.165) is 0 Å². The van der Waals surface area contributed by atoms with Crippen LogP contribution >= 0.6 is 69.6 Å². The summed E-state index contributed by atoms with van der Waals surface area (Å²) in [5.74, 6) is 0. The van der Waals surface area contributed by atoms with E-state index in [1.807, 2.05) is 0 Å². The molecule has 0 radical (unpaired) electrons. The fourth-order valence-corrected chi connectivity index (χ4v) is 2.86. The highest BCUT2D eigenvalue weighted by atomic mass is 35.5. The molecule has 0 aromatic heterocycles. The van der Waals surface area contributed by atoms with E-state index >= 15 is 0 Å². The van der Waals surface area contributed by atoms with Gasteiger partial charge in [0.2, 0.25) is 0 Å². The Hall–Kier alpha value is 0.440. The molecular formula is C10H2Cl6. The molecule has 2 aliphatic rings. The molecule has 0 bridgehead atoms. The van der Waals surface area contributed by atoms with Gasteiger partial charge in [0, 0.05) is 11.1 Å². The molecule has 0 saturated carbocycles. The quantitative estimate of drug-likeness (QED) is 0.502. The van der Waals surface area contributed by atoms with Crippen LogP contribution in [0.5, 0.6) is 0 Å². The summed E-state index contributed by atoms with van der Waals surface area (Å²) in [7, 11) is 0. The number of fused-ring (bicyclic) bond motifs is 1. The van der Waals surface area contributed by atoms with Crippen LogP contribution in [0.15, 0.2) is 12.1 Å². The van der Waals surface area contributed by atoms with Gasteiger partial charge in [-0.05, 0) is 6.07 Å². The Morgan fingerprint density at radius 1 is 0.562 bits per heavy atom. The zero-order valence-corrected chi connectivity index (χ0v) is 12.0. The van der Waals surface area contributed by atoms with Crippen molar-refractivity contribution in [3.05, 3.63) is 42.3 Å². The van der Waals surface area contributed by atoms with Crippen molar-refractivity contribution in [2.24, 2.45) is 0 Å². The van der Waals surface area contributed by atoms with Crippen LogP contribution < -0.4 is 0 Å². The monoisotopic (exact) mass is 332 g/mol. The summed E-state index contributed by atoms with van der Waals surface area (Å²) in [6, 6.07) is 3.27. The van der Waals surface area contributed by atoms with Gasteiger partial charge in [0.15, 0.2) is 0 Å². The molecule has 0 nitrogen and oxygen atoms in total. The summed E-state index contributed by atoms with van der Waals surface area (Å²) >= 11 is 35.9. The van der Waals surface area contributed by atoms with Crippen LogP contribution in [-0.4, -0.2) is 0 Å². The highest BCUT2D eigenvalue weighted by molar-refractivity contribution is 6.55. The number of hydrogen-bond donors (Lipinski definition) is 0. The Morgan fingerprint density at radius 3 is 1.75 bits per heavy atom. The Balaban J connectivity index is 2.98. The van der Waals surface area contributed by atoms with Gasteiger partial charge in [0.05, 0.1) is 30.1 Å². The summed E-state index contributed by atoms with van der Waals surface area (Å²) in [5.41, 5.74) is 1.13. The van der Waals surface area contributed by atoms with Crippen molar-refractivity contribution in [3.63, 3.8) is 0 Å². The van der Waals surface area contributed by atoms with Crippen LogP contribution in [0.1, 0.15) is 0 Å². The third-order valence-electron chi connectivity index (χ3n) is 2.13. The van der Waals surface area contributed by atoms with E-state index in [-0.39, 0.29) is 20.1 Å². The summed E-state index contributed by atoms with van der Waals surface area (Å²) in [4.78, 5) is 0. The van der Waals surface area contributed by atoms with Crippen molar-refractivity contribution in [3.8, 4) is 11.1 Å². The lowest BCUT2D eigenvalue weighted by Crippen LogP contribution is -1.71. The molecule has 0 aromatic carbocycles. The fourth-order valence-electron chi connectivity index (χ4n) is 1.37. The maximum absolute atomic E-state index is 6.09. The minimum Gasteiger partial charge on any atom is -0.0827 e. The van der Waals surface area contributed by atoms with E-state index in [1.165, 1.54) is 0 Å². The van der Waals surface area contributed by atoms with Gasteiger partial charge in [-0.1, -0.05) is 75.7 Å². The molecule has 16 heavy (non-hydrogen) atoms. The zero-order chi connectivity index (χ0) is 12.0. The predicted octanol–water partition coefficient (Wildman–Crippen LogP) is 6.71. The van der Waals surface area contributed by atoms with Gasteiger partial charge >= 0.3 is 0 Å². The third-order valence-corrected chi connectivity index (χ3v) is 4.75. The van der Waals surface area contributed by atoms with Crippen molar-refractivity contribution in [2.75, 3.05) is 0 Å². The van der Waals surface area contributed by atoms with Crippen LogP contribution in [-0.2, 0) is 0 Å². The molecule has 0 spiro atoms. The topological polar surface area (TPSA) is 0 Å². The van der Waals surface area contributed by atoms with Gasteiger partial charge in [0.1, 0.15) is 0 Å². The van der Waals surface area contributed by atoms with Crippen LogP contribution in [0.3, 0.4) is 0 Å². The Kier molecular flexibility index (Phi) is 3.71. The van der Waals surface area contributed by atoms with Gasteiger partial charge in [-0.25, -0.2) is 0 Å². The first kappa shape index (κ1) is 12.9. The maximum atomic E-state index is 6.09. The van der Waals surface area contributed by atoms with E-state index in [2.05, 4.69) is 0 Å². The molecule has 2 rings (SSSR count). The second-order valence-corrected chi connectivity index (χ2v) is 5.34. The molecule has 0 N–H and O–H groups in total. The van der Waals surface area contributed by atoms with Crippen molar-refractivity contribution in [2.45, 2.75) is 0 Å². The van der Waals surface area contributed by atoms with Crippen molar-refractivity contribution in [1.29, 1.82) is 0 Å². The molecule has 84 valence electrons. The normalized spacial score (nSPS) is 11.1. The van der Waals surface area contributed by atoms with Gasteiger partial charge in [-0.3, -0.25) is 0 Å². The lowest BCUT2D eigenvalue weighted by atomic mass is 10.2. The zero-order valence-electron chi connectivity index (χ0n) is 7.42. The van der Waals surface area contributed by atoms with Gasteiger partial charge in [-0.2, -0.15) is 0 Å². The average Bonchev–Trinajstić information content (AvgIpc) is 2.40. The van der Waals surface area contributed by atoms with Crippen LogP contribution in [0.4, 0.5) is 0 Å². The molecule has 0 saturated heterocycles. The Labute approximate surface area is 122 Å². The van der Waals surface area contributed by atoms with Gasteiger partial charge < -0.3 is 0 Å². The first-order valence-corrected chi connectivity index (χ1v) is 6.31. The standard InChI is InChI=1S/C10H2Cl6/c11-4-2-1-3-5(8(14)7(4)13)9(15)10(16)6(3)12/h1-2H. The molecule has 6 heteroatoms. The second kappa shape index (κ2) is 4.61. The molecule has 0 aromatic rings. The van der Waals surface area contributed by atoms with Crippen molar-refractivity contribution in [1.82, 2.24) is 0 Å². The first-order chi connectivity index (χ1) is 7.45. The van der Waals surface area contributed by atoms with Crippen LogP contribution in [0, 0.1) is 0 Å². The lowest BCUT2D eigenvalue weighted by Gasteiger charge is -1.98. The molecule has 0 amide bonds. The molecular weight excluding hydrogens is 333 g/mol. The molecule has 0 heterocycles. The Bertz CT molecular complexity index is 548. The molecule has 0 atom stereocenters. The molecule has 2 aliphatic carbocycles. The van der Waals surface area contributed by atoms with Crippen molar-refractivity contribution < 1.29 is 0 Å². The van der Waals surface area contributed by atoms with Crippen LogP contribution in [0.25, 0.3) is 11.1 Å². The largest absolute Gasteiger partial charge is 0.0827 e. The van der Waals surface area contributed by atoms with E-state index in [0.29, 0.717) is 21.2 Å². The average molecular weight is 335 g/mol. The highest BCUT2D eigenvalue weighted by Gasteiger charge is 2.23. The van der Waals surface area contributed by atoms with E-state index in [4.69, 9.17) is 69.6 Å². The first-order valence-electron chi connectivity index (χ1n) is 4.04. The van der Waals surface area contributed by atoms with Gasteiger partial charge in [0.25, 0.3) is 0 Å². The SMILES string of the molecule is Clc1ccc2c(Cl)c(Cl)c(Cl)c-2c(Cl)c1Cl. The highest BCUT2D eigenvalue weighted by Crippen LogP contribution is 2.51. The fraction of sp³-hybridized carbons (Fsp3) is 0. The summed E-state index contributed by atoms with van der Waals surface area (Å²) in [6.07, 6.45) is 0. The molecule has 0 unspecified atom stereocenters. The van der Waals surface area contributed by atoms with E-state index in [1.54, 1.807) is 12.1 Å². The van der Waals surface area contributed by atoms with Crippen molar-refractivity contribution >= 4 is 69.6 Å². The number of hydrogen-bond acceptors (Lipinski definition) is 0. The second-order valence-electron chi connectivity index (χ2n) is 3.04. The van der Waals surface area contributed by atoms with E-state index in [9.17, 15) is 0 Å². The molecule has 0 aliphatic heterocycles. The predicted molar refractivity (Wildman–Crippen MR) is 73.1 cm³/mol. The van der Waals surface area contributed by atoms with E-state index < -0.39 is 0 Å². The summed E-state index contributed by atoms with van der Waals surface area (Å²) < 4.78 is 0. The number of halogens is 6. The summed E-state index contributed by atoms with van der Waals surface area (Å²) in [6.45, 7) is 0. The smallest absolute Gasteiger partial charge is 0.0791 e. The lowest BCUT2D eigenvalue weighted by molar-refractivity contribution is 1.83. The maximum Gasteiger partial charge on any atom is 0.0791 e. The minimum absolute atomic E-state index is 0.221. The van der Waals surface area contributed by atoms with Gasteiger partial charge in [-0.15, -0.1) is 0 Å². The number of rotatable bonds is 0. The Morgan fingerprint density at radius 2 is 1.12 bits per heavy atom. The summed E-state index contributed by atoms with van der Waals surface area (Å²) in [5, 5.41) is 1.67.